The minimum absolute atomic E-state index is 0.0367. The Morgan fingerprint density at radius 3 is 2.94 bits per heavy atom. The number of fused-ring (bicyclic) bond motifs is 1. The van der Waals surface area contributed by atoms with Crippen molar-refractivity contribution >= 4 is 23.5 Å². The fourth-order valence-corrected chi connectivity index (χ4v) is 3.46. The van der Waals surface area contributed by atoms with Crippen LogP contribution in [0, 0.1) is 15.9 Å². The number of nitrogens with zero attached hydrogens (tertiary/aromatic N) is 4. The van der Waals surface area contributed by atoms with Crippen molar-refractivity contribution in [2.45, 2.75) is 32.1 Å². The van der Waals surface area contributed by atoms with E-state index in [1.54, 1.807) is 6.92 Å². The minimum atomic E-state index is -0.891. The maximum atomic E-state index is 14.6. The second kappa shape index (κ2) is 7.98. The van der Waals surface area contributed by atoms with Crippen LogP contribution < -0.4 is 19.7 Å². The highest BCUT2D eigenvalue weighted by Gasteiger charge is 2.41. The molecule has 2 amide bonds. The average molecular weight is 449 g/mol. The summed E-state index contributed by atoms with van der Waals surface area (Å²) in [5, 5.41) is 13.4. The third-order valence-corrected chi connectivity index (χ3v) is 4.97. The van der Waals surface area contributed by atoms with Crippen molar-refractivity contribution in [3.63, 3.8) is 0 Å². The molecule has 2 aliphatic rings. The molecule has 1 aromatic heterocycles. The number of halogens is 1. The molecule has 1 aromatic carbocycles. The summed E-state index contributed by atoms with van der Waals surface area (Å²) in [6.07, 6.45) is 0.0977. The number of carbonyl (C=O) groups excluding carboxylic acids is 2. The number of ether oxygens (including phenoxy) is 3. The van der Waals surface area contributed by atoms with Gasteiger partial charge in [0.2, 0.25) is 5.91 Å². The molecule has 1 saturated heterocycles. The fraction of sp³-hybridized carbons (Fsp3) is 0.421. The molecule has 13 heteroatoms. The number of nitrogens with one attached hydrogen (secondary N) is 1. The molecule has 0 spiro atoms. The number of carbonyl (C=O) groups is 2. The summed E-state index contributed by atoms with van der Waals surface area (Å²) in [5.74, 6) is -1.29. The van der Waals surface area contributed by atoms with Crippen LogP contribution in [0.1, 0.15) is 13.8 Å². The molecule has 32 heavy (non-hydrogen) atoms. The van der Waals surface area contributed by atoms with Crippen LogP contribution in [0.2, 0.25) is 0 Å². The van der Waals surface area contributed by atoms with Crippen molar-refractivity contribution in [2.75, 3.05) is 24.6 Å². The first-order chi connectivity index (χ1) is 15.1. The van der Waals surface area contributed by atoms with Gasteiger partial charge in [0, 0.05) is 18.0 Å². The Morgan fingerprint density at radius 2 is 2.28 bits per heavy atom. The molecular formula is C19H20FN5O7. The molecule has 12 nitrogen and oxygen atoms in total. The van der Waals surface area contributed by atoms with E-state index in [4.69, 9.17) is 14.2 Å². The van der Waals surface area contributed by atoms with Gasteiger partial charge in [-0.05, 0) is 24.0 Å². The molecule has 0 saturated carbocycles. The normalized spacial score (nSPS) is 21.7. The van der Waals surface area contributed by atoms with Crippen LogP contribution in [0.15, 0.2) is 24.4 Å². The fourth-order valence-electron chi connectivity index (χ4n) is 3.46. The van der Waals surface area contributed by atoms with Crippen molar-refractivity contribution in [1.82, 2.24) is 14.9 Å². The van der Waals surface area contributed by atoms with Crippen LogP contribution in [-0.2, 0) is 16.1 Å². The van der Waals surface area contributed by atoms with Gasteiger partial charge < -0.3 is 29.6 Å². The average Bonchev–Trinajstić information content (AvgIpc) is 3.36. The van der Waals surface area contributed by atoms with Crippen molar-refractivity contribution < 1.29 is 33.1 Å². The number of anilines is 1. The zero-order valence-corrected chi connectivity index (χ0v) is 17.2. The first-order valence-corrected chi connectivity index (χ1v) is 9.69. The number of amides is 2. The number of imidazole rings is 1. The Hall–Kier alpha value is -3.90. The van der Waals surface area contributed by atoms with Gasteiger partial charge in [0.05, 0.1) is 25.3 Å². The third-order valence-electron chi connectivity index (χ3n) is 4.97. The van der Waals surface area contributed by atoms with E-state index in [9.17, 15) is 24.1 Å². The van der Waals surface area contributed by atoms with E-state index in [1.165, 1.54) is 34.7 Å². The van der Waals surface area contributed by atoms with Crippen LogP contribution >= 0.6 is 0 Å². The smallest absolute Gasteiger partial charge is 0.415 e. The highest BCUT2D eigenvalue weighted by molar-refractivity contribution is 5.89. The second-order valence-corrected chi connectivity index (χ2v) is 7.78. The van der Waals surface area contributed by atoms with Gasteiger partial charge in [-0.1, -0.05) is 0 Å². The monoisotopic (exact) mass is 449 g/mol. The van der Waals surface area contributed by atoms with E-state index >= 15 is 0 Å². The summed E-state index contributed by atoms with van der Waals surface area (Å²) in [5.41, 5.74) is -0.598. The summed E-state index contributed by atoms with van der Waals surface area (Å²) in [7, 11) is 0. The third kappa shape index (κ3) is 4.26. The zero-order valence-electron chi connectivity index (χ0n) is 17.2. The maximum Gasteiger partial charge on any atom is 0.415 e. The molecule has 2 aromatic rings. The van der Waals surface area contributed by atoms with Crippen LogP contribution in [0.3, 0.4) is 0 Å². The molecule has 1 fully saturated rings. The summed E-state index contributed by atoms with van der Waals surface area (Å²) in [6, 6.07) is 4.16. The first-order valence-electron chi connectivity index (χ1n) is 9.69. The van der Waals surface area contributed by atoms with Gasteiger partial charge >= 0.3 is 17.9 Å². The number of aromatic nitrogens is 2. The van der Waals surface area contributed by atoms with Gasteiger partial charge in [0.15, 0.2) is 17.2 Å². The molecule has 2 aliphatic heterocycles. The number of nitro groups is 1. The van der Waals surface area contributed by atoms with Crippen LogP contribution in [0.5, 0.6) is 11.8 Å². The van der Waals surface area contributed by atoms with Crippen molar-refractivity contribution in [2.24, 2.45) is 0 Å². The standard InChI is InChI=1S/C19H20FN5O7/c1-11(26)21-6-13-7-24(18(27)31-13)12-3-4-15(14(20)5-12)30-10-19(2)9-23-8-16(25(28)29)22-17(23)32-19/h3-5,8,13H,6-7,9-10H2,1-2H3,(H,21,26)/t13-,19?/m0/s1. The quantitative estimate of drug-likeness (QED) is 0.497. The number of cyclic esters (lactones) is 1. The maximum absolute atomic E-state index is 14.6. The molecule has 170 valence electrons. The van der Waals surface area contributed by atoms with Crippen molar-refractivity contribution in [3.05, 3.63) is 40.3 Å². The second-order valence-electron chi connectivity index (χ2n) is 7.78. The van der Waals surface area contributed by atoms with Gasteiger partial charge in [-0.2, -0.15) is 0 Å². The van der Waals surface area contributed by atoms with Gasteiger partial charge in [0.25, 0.3) is 0 Å². The topological polar surface area (TPSA) is 138 Å². The van der Waals surface area contributed by atoms with Crippen molar-refractivity contribution in [1.29, 1.82) is 0 Å². The largest absolute Gasteiger partial charge is 0.486 e. The lowest BCUT2D eigenvalue weighted by molar-refractivity contribution is -0.389. The van der Waals surface area contributed by atoms with Gasteiger partial charge in [-0.25, -0.2) is 9.18 Å². The van der Waals surface area contributed by atoms with Crippen molar-refractivity contribution in [3.8, 4) is 11.8 Å². The van der Waals surface area contributed by atoms with Crippen LogP contribution in [0.25, 0.3) is 0 Å². The van der Waals surface area contributed by atoms with Gasteiger partial charge in [0.1, 0.15) is 18.9 Å². The van der Waals surface area contributed by atoms with E-state index in [0.717, 1.165) is 6.07 Å². The van der Waals surface area contributed by atoms with Crippen LogP contribution in [-0.4, -0.2) is 57.9 Å². The van der Waals surface area contributed by atoms with E-state index in [1.807, 2.05) is 0 Å². The molecule has 0 bridgehead atoms. The first kappa shape index (κ1) is 21.3. The molecule has 4 rings (SSSR count). The van der Waals surface area contributed by atoms with E-state index in [2.05, 4.69) is 10.3 Å². The lowest BCUT2D eigenvalue weighted by Gasteiger charge is -2.22. The van der Waals surface area contributed by atoms with Gasteiger partial charge in [-0.3, -0.25) is 14.3 Å². The summed E-state index contributed by atoms with van der Waals surface area (Å²) < 4.78 is 32.5. The summed E-state index contributed by atoms with van der Waals surface area (Å²) in [6.45, 7) is 3.62. The Morgan fingerprint density at radius 1 is 1.50 bits per heavy atom. The SMILES string of the molecule is CC(=O)NC[C@H]1CN(c2ccc(OCC3(C)Cn4cc([N+](=O)[O-])nc4O3)c(F)c2)C(=O)O1. The minimum Gasteiger partial charge on any atom is -0.486 e. The predicted octanol–water partition coefficient (Wildman–Crippen LogP) is 1.62. The zero-order chi connectivity index (χ0) is 23.0. The molecule has 3 heterocycles. The Bertz CT molecular complexity index is 1060. The Kier molecular flexibility index (Phi) is 5.32. The molecule has 1 N–H and O–H groups in total. The Balaban J connectivity index is 1.37. The van der Waals surface area contributed by atoms with E-state index in [-0.39, 0.29) is 49.7 Å². The highest BCUT2D eigenvalue weighted by Crippen LogP contribution is 2.32. The molecule has 0 aliphatic carbocycles. The lowest BCUT2D eigenvalue weighted by atomic mass is 10.1. The molecule has 1 unspecified atom stereocenters. The molecule has 0 radical (unpaired) electrons. The van der Waals surface area contributed by atoms with E-state index < -0.39 is 28.5 Å². The lowest BCUT2D eigenvalue weighted by Crippen LogP contribution is -2.38. The number of rotatable bonds is 7. The Labute approximate surface area is 181 Å². The number of hydrogen-bond donors (Lipinski definition) is 1. The predicted molar refractivity (Wildman–Crippen MR) is 106 cm³/mol. The summed E-state index contributed by atoms with van der Waals surface area (Å²) >= 11 is 0. The number of hydrogen-bond acceptors (Lipinski definition) is 8. The van der Waals surface area contributed by atoms with E-state index in [0.29, 0.717) is 5.69 Å². The number of benzene rings is 1. The van der Waals surface area contributed by atoms with Crippen LogP contribution in [0.4, 0.5) is 20.7 Å². The molecular weight excluding hydrogens is 429 g/mol. The summed E-state index contributed by atoms with van der Waals surface area (Å²) in [4.78, 5) is 38.3. The highest BCUT2D eigenvalue weighted by atomic mass is 19.1. The van der Waals surface area contributed by atoms with Gasteiger partial charge in [-0.15, -0.1) is 0 Å². The molecule has 2 atom stereocenters.